The zero-order valence-electron chi connectivity index (χ0n) is 9.04. The number of ether oxygens (including phenoxy) is 1. The summed E-state index contributed by atoms with van der Waals surface area (Å²) in [5.41, 5.74) is -0.0521. The van der Waals surface area contributed by atoms with E-state index in [0.717, 1.165) is 0 Å². The van der Waals surface area contributed by atoms with E-state index < -0.39 is 12.1 Å². The highest BCUT2D eigenvalue weighted by molar-refractivity contribution is 5.88. The van der Waals surface area contributed by atoms with Gasteiger partial charge in [0.05, 0.1) is 6.61 Å². The number of hydrogen-bond acceptors (Lipinski definition) is 4. The van der Waals surface area contributed by atoms with Crippen LogP contribution < -0.4 is 0 Å². The molecule has 1 aromatic rings. The molecule has 0 saturated carbocycles. The van der Waals surface area contributed by atoms with Crippen molar-refractivity contribution in [1.82, 2.24) is 4.98 Å². The molecule has 4 nitrogen and oxygen atoms in total. The number of aromatic nitrogens is 1. The number of carbonyl (C=O) groups is 1. The summed E-state index contributed by atoms with van der Waals surface area (Å²) in [7, 11) is 0. The first-order chi connectivity index (χ1) is 7.10. The molecule has 84 valence electrons. The molecule has 5 heteroatoms. The van der Waals surface area contributed by atoms with Crippen LogP contribution >= 0.6 is 0 Å². The number of esters is 1. The van der Waals surface area contributed by atoms with E-state index in [1.807, 2.05) is 0 Å². The van der Waals surface area contributed by atoms with Crippen molar-refractivity contribution < 1.29 is 18.3 Å². The number of carbonyl (C=O) groups excluding carboxylic acids is 1. The molecule has 1 aromatic heterocycles. The van der Waals surface area contributed by atoms with Crippen molar-refractivity contribution in [2.75, 3.05) is 6.61 Å². The fourth-order valence-corrected chi connectivity index (χ4v) is 1.19. The minimum Gasteiger partial charge on any atom is -0.461 e. The first-order valence-electron chi connectivity index (χ1n) is 4.88. The van der Waals surface area contributed by atoms with E-state index in [2.05, 4.69) is 4.98 Å². The van der Waals surface area contributed by atoms with E-state index in [0.29, 0.717) is 0 Å². The summed E-state index contributed by atoms with van der Waals surface area (Å²) >= 11 is 0. The van der Waals surface area contributed by atoms with Gasteiger partial charge >= 0.3 is 5.97 Å². The Bertz CT molecular complexity index is 348. The second kappa shape index (κ2) is 4.91. The zero-order chi connectivity index (χ0) is 11.4. The molecule has 0 N–H and O–H groups in total. The molecule has 0 aromatic carbocycles. The normalized spacial score (nSPS) is 12.5. The van der Waals surface area contributed by atoms with Crippen LogP contribution in [-0.4, -0.2) is 17.6 Å². The SMILES string of the molecule is CCOC(=O)c1nc(C)oc1C(F)CC. The fraction of sp³-hybridized carbons (Fsp3) is 0.600. The van der Waals surface area contributed by atoms with Crippen molar-refractivity contribution in [3.63, 3.8) is 0 Å². The summed E-state index contributed by atoms with van der Waals surface area (Å²) in [4.78, 5) is 15.2. The molecule has 0 bridgehead atoms. The number of rotatable bonds is 4. The number of oxazole rings is 1. The van der Waals surface area contributed by atoms with Gasteiger partial charge in [0.2, 0.25) is 0 Å². The minimum absolute atomic E-state index is 0.0338. The quantitative estimate of drug-likeness (QED) is 0.724. The van der Waals surface area contributed by atoms with E-state index in [1.165, 1.54) is 0 Å². The third kappa shape index (κ3) is 2.55. The van der Waals surface area contributed by atoms with Gasteiger partial charge in [-0.25, -0.2) is 14.2 Å². The molecule has 0 saturated heterocycles. The van der Waals surface area contributed by atoms with E-state index in [9.17, 15) is 9.18 Å². The maximum absolute atomic E-state index is 13.4. The lowest BCUT2D eigenvalue weighted by atomic mass is 10.2. The van der Waals surface area contributed by atoms with Gasteiger partial charge in [-0.15, -0.1) is 0 Å². The summed E-state index contributed by atoms with van der Waals surface area (Å²) in [5.74, 6) is -0.405. The van der Waals surface area contributed by atoms with Gasteiger partial charge in [-0.2, -0.15) is 0 Å². The largest absolute Gasteiger partial charge is 0.461 e. The molecule has 0 fully saturated rings. The van der Waals surface area contributed by atoms with Crippen LogP contribution in [0, 0.1) is 6.92 Å². The Morgan fingerprint density at radius 3 is 2.80 bits per heavy atom. The van der Waals surface area contributed by atoms with E-state index in [-0.39, 0.29) is 30.4 Å². The van der Waals surface area contributed by atoms with Gasteiger partial charge < -0.3 is 9.15 Å². The summed E-state index contributed by atoms with van der Waals surface area (Å²) in [6.45, 7) is 5.14. The van der Waals surface area contributed by atoms with E-state index in [1.54, 1.807) is 20.8 Å². The van der Waals surface area contributed by atoms with Crippen LogP contribution in [0.2, 0.25) is 0 Å². The Morgan fingerprint density at radius 1 is 1.60 bits per heavy atom. The molecule has 0 aliphatic rings. The molecule has 15 heavy (non-hydrogen) atoms. The van der Waals surface area contributed by atoms with Crippen molar-refractivity contribution >= 4 is 5.97 Å². The predicted octanol–water partition coefficient (Wildman–Crippen LogP) is 2.58. The lowest BCUT2D eigenvalue weighted by molar-refractivity contribution is 0.0514. The van der Waals surface area contributed by atoms with Crippen molar-refractivity contribution in [1.29, 1.82) is 0 Å². The predicted molar refractivity (Wildman–Crippen MR) is 51.3 cm³/mol. The van der Waals surface area contributed by atoms with Crippen LogP contribution in [0.1, 0.15) is 48.6 Å². The van der Waals surface area contributed by atoms with Gasteiger partial charge in [0.25, 0.3) is 0 Å². The Kier molecular flexibility index (Phi) is 3.82. The monoisotopic (exact) mass is 215 g/mol. The van der Waals surface area contributed by atoms with Crippen molar-refractivity contribution in [2.24, 2.45) is 0 Å². The molecule has 1 unspecified atom stereocenters. The van der Waals surface area contributed by atoms with Gasteiger partial charge in [0.15, 0.2) is 23.5 Å². The van der Waals surface area contributed by atoms with Crippen LogP contribution in [0.3, 0.4) is 0 Å². The van der Waals surface area contributed by atoms with Gasteiger partial charge in [-0.05, 0) is 13.3 Å². The lowest BCUT2D eigenvalue weighted by Gasteiger charge is -2.03. The highest BCUT2D eigenvalue weighted by Crippen LogP contribution is 2.25. The van der Waals surface area contributed by atoms with Crippen LogP contribution in [0.4, 0.5) is 4.39 Å². The van der Waals surface area contributed by atoms with Crippen LogP contribution in [-0.2, 0) is 4.74 Å². The standard InChI is InChI=1S/C10H14FNO3/c1-4-7(11)9-8(10(13)14-5-2)12-6(3)15-9/h7H,4-5H2,1-3H3. The first kappa shape index (κ1) is 11.7. The Hall–Kier alpha value is -1.39. The van der Waals surface area contributed by atoms with Crippen LogP contribution in [0.25, 0.3) is 0 Å². The van der Waals surface area contributed by atoms with E-state index >= 15 is 0 Å². The smallest absolute Gasteiger partial charge is 0.360 e. The minimum atomic E-state index is -1.31. The summed E-state index contributed by atoms with van der Waals surface area (Å²) in [5, 5.41) is 0. The van der Waals surface area contributed by atoms with Crippen LogP contribution in [0.15, 0.2) is 4.42 Å². The first-order valence-corrected chi connectivity index (χ1v) is 4.88. The fourth-order valence-electron chi connectivity index (χ4n) is 1.19. The highest BCUT2D eigenvalue weighted by Gasteiger charge is 2.25. The molecule has 0 radical (unpaired) electrons. The topological polar surface area (TPSA) is 52.3 Å². The number of hydrogen-bond donors (Lipinski definition) is 0. The van der Waals surface area contributed by atoms with Gasteiger partial charge in [-0.3, -0.25) is 0 Å². The number of nitrogens with zero attached hydrogens (tertiary/aromatic N) is 1. The Labute approximate surface area is 87.4 Å². The van der Waals surface area contributed by atoms with E-state index in [4.69, 9.17) is 9.15 Å². The lowest BCUT2D eigenvalue weighted by Crippen LogP contribution is -2.08. The molecule has 0 aliphatic carbocycles. The summed E-state index contributed by atoms with van der Waals surface area (Å²) in [6.07, 6.45) is -1.08. The van der Waals surface area contributed by atoms with Gasteiger partial charge in [0, 0.05) is 6.92 Å². The van der Waals surface area contributed by atoms with Gasteiger partial charge in [-0.1, -0.05) is 6.92 Å². The average Bonchev–Trinajstić information content (AvgIpc) is 2.59. The second-order valence-corrected chi connectivity index (χ2v) is 3.04. The number of aryl methyl sites for hydroxylation is 1. The third-order valence-corrected chi connectivity index (χ3v) is 1.87. The van der Waals surface area contributed by atoms with Crippen molar-refractivity contribution in [3.8, 4) is 0 Å². The summed E-state index contributed by atoms with van der Waals surface area (Å²) in [6, 6.07) is 0. The molecular formula is C10H14FNO3. The average molecular weight is 215 g/mol. The van der Waals surface area contributed by atoms with Crippen molar-refractivity contribution in [3.05, 3.63) is 17.3 Å². The molecule has 0 spiro atoms. The third-order valence-electron chi connectivity index (χ3n) is 1.87. The molecule has 1 rings (SSSR count). The van der Waals surface area contributed by atoms with Crippen molar-refractivity contribution in [2.45, 2.75) is 33.4 Å². The Balaban J connectivity index is 3.00. The second-order valence-electron chi connectivity index (χ2n) is 3.04. The maximum Gasteiger partial charge on any atom is 0.360 e. The van der Waals surface area contributed by atoms with Crippen LogP contribution in [0.5, 0.6) is 0 Å². The number of alkyl halides is 1. The molecule has 0 amide bonds. The molecule has 1 atom stereocenters. The highest BCUT2D eigenvalue weighted by atomic mass is 19.1. The molecule has 0 aliphatic heterocycles. The maximum atomic E-state index is 13.4. The molecule has 1 heterocycles. The van der Waals surface area contributed by atoms with Gasteiger partial charge in [0.1, 0.15) is 0 Å². The zero-order valence-corrected chi connectivity index (χ0v) is 9.04. The Morgan fingerprint density at radius 2 is 2.27 bits per heavy atom. The summed E-state index contributed by atoms with van der Waals surface area (Å²) < 4.78 is 23.2. The molecular weight excluding hydrogens is 201 g/mol. The number of halogens is 1.